The van der Waals surface area contributed by atoms with Crippen LogP contribution in [0, 0.1) is 0 Å². The van der Waals surface area contributed by atoms with Crippen molar-refractivity contribution < 1.29 is 14.3 Å². The standard InChI is InChI=1S/C11H8Cl2O3/c12-7-1-6(2-8(13)3-7)10-4-9(14)5-11(15)16-10/h1-3,10H,4-5H2. The van der Waals surface area contributed by atoms with Crippen LogP contribution in [0.4, 0.5) is 0 Å². The van der Waals surface area contributed by atoms with Crippen LogP contribution in [0.15, 0.2) is 18.2 Å². The van der Waals surface area contributed by atoms with E-state index in [1.54, 1.807) is 18.2 Å². The monoisotopic (exact) mass is 258 g/mol. The summed E-state index contributed by atoms with van der Waals surface area (Å²) < 4.78 is 5.08. The molecule has 5 heteroatoms. The lowest BCUT2D eigenvalue weighted by Crippen LogP contribution is -2.24. The van der Waals surface area contributed by atoms with Crippen LogP contribution in [0.3, 0.4) is 0 Å². The first kappa shape index (κ1) is 11.4. The van der Waals surface area contributed by atoms with Crippen molar-refractivity contribution in [1.82, 2.24) is 0 Å². The van der Waals surface area contributed by atoms with E-state index in [1.165, 1.54) is 0 Å². The van der Waals surface area contributed by atoms with Crippen molar-refractivity contribution >= 4 is 35.0 Å². The first-order valence-electron chi connectivity index (χ1n) is 4.72. The minimum Gasteiger partial charge on any atom is -0.457 e. The third-order valence-electron chi connectivity index (χ3n) is 2.28. The zero-order valence-corrected chi connectivity index (χ0v) is 9.72. The molecule has 0 N–H and O–H groups in total. The second kappa shape index (κ2) is 4.44. The van der Waals surface area contributed by atoms with Crippen molar-refractivity contribution in [1.29, 1.82) is 0 Å². The molecule has 0 saturated carbocycles. The lowest BCUT2D eigenvalue weighted by Gasteiger charge is -2.22. The average molecular weight is 259 g/mol. The van der Waals surface area contributed by atoms with Gasteiger partial charge in [-0.15, -0.1) is 0 Å². The van der Waals surface area contributed by atoms with E-state index in [0.717, 1.165) is 0 Å². The number of rotatable bonds is 1. The molecule has 0 radical (unpaired) electrons. The Kier molecular flexibility index (Phi) is 3.17. The number of esters is 1. The van der Waals surface area contributed by atoms with Crippen LogP contribution in [-0.4, -0.2) is 11.8 Å². The highest BCUT2D eigenvalue weighted by Crippen LogP contribution is 2.30. The van der Waals surface area contributed by atoms with Gasteiger partial charge in [-0.25, -0.2) is 0 Å². The lowest BCUT2D eigenvalue weighted by atomic mass is 10.0. The fourth-order valence-electron chi connectivity index (χ4n) is 1.63. The van der Waals surface area contributed by atoms with Crippen molar-refractivity contribution in [2.24, 2.45) is 0 Å². The second-order valence-electron chi connectivity index (χ2n) is 3.60. The Morgan fingerprint density at radius 3 is 2.31 bits per heavy atom. The first-order valence-corrected chi connectivity index (χ1v) is 5.47. The number of carbonyl (C=O) groups is 2. The van der Waals surface area contributed by atoms with Gasteiger partial charge < -0.3 is 4.74 Å². The number of halogens is 2. The third kappa shape index (κ3) is 2.54. The number of carbonyl (C=O) groups excluding carboxylic acids is 2. The third-order valence-corrected chi connectivity index (χ3v) is 2.72. The summed E-state index contributed by atoms with van der Waals surface area (Å²) in [5, 5.41) is 0.910. The smallest absolute Gasteiger partial charge is 0.313 e. The molecule has 1 heterocycles. The highest BCUT2D eigenvalue weighted by molar-refractivity contribution is 6.34. The topological polar surface area (TPSA) is 43.4 Å². The van der Waals surface area contributed by atoms with E-state index in [2.05, 4.69) is 0 Å². The van der Waals surface area contributed by atoms with Crippen molar-refractivity contribution in [3.05, 3.63) is 33.8 Å². The normalized spacial score (nSPS) is 20.8. The molecule has 1 aliphatic heterocycles. The maximum absolute atomic E-state index is 11.3. The molecule has 84 valence electrons. The Morgan fingerprint density at radius 1 is 1.12 bits per heavy atom. The summed E-state index contributed by atoms with van der Waals surface area (Å²) in [6.45, 7) is 0. The van der Waals surface area contributed by atoms with Gasteiger partial charge in [-0.1, -0.05) is 23.2 Å². The number of cyclic esters (lactones) is 1. The quantitative estimate of drug-likeness (QED) is 0.575. The molecular weight excluding hydrogens is 251 g/mol. The van der Waals surface area contributed by atoms with Crippen LogP contribution in [0.25, 0.3) is 0 Å². The van der Waals surface area contributed by atoms with E-state index < -0.39 is 12.1 Å². The van der Waals surface area contributed by atoms with Gasteiger partial charge in [0.15, 0.2) is 0 Å². The number of Topliss-reactive ketones (excluding diaryl/α,β-unsaturated/α-hetero) is 1. The molecule has 0 aliphatic carbocycles. The molecule has 1 fully saturated rings. The van der Waals surface area contributed by atoms with Gasteiger partial charge in [0, 0.05) is 16.5 Å². The SMILES string of the molecule is O=C1CC(=O)OC(c2cc(Cl)cc(Cl)c2)C1. The zero-order valence-electron chi connectivity index (χ0n) is 8.20. The molecule has 0 aromatic heterocycles. The summed E-state index contributed by atoms with van der Waals surface area (Å²) in [5.41, 5.74) is 0.652. The van der Waals surface area contributed by atoms with Crippen molar-refractivity contribution in [2.45, 2.75) is 18.9 Å². The van der Waals surface area contributed by atoms with Crippen LogP contribution in [-0.2, 0) is 14.3 Å². The van der Waals surface area contributed by atoms with Crippen LogP contribution >= 0.6 is 23.2 Å². The molecule has 2 rings (SSSR count). The van der Waals surface area contributed by atoms with Gasteiger partial charge in [0.05, 0.1) is 0 Å². The Morgan fingerprint density at radius 2 is 1.75 bits per heavy atom. The van der Waals surface area contributed by atoms with E-state index in [4.69, 9.17) is 27.9 Å². The highest BCUT2D eigenvalue weighted by atomic mass is 35.5. The summed E-state index contributed by atoms with van der Waals surface area (Å²) >= 11 is 11.7. The molecule has 0 bridgehead atoms. The molecule has 1 saturated heterocycles. The first-order chi connectivity index (χ1) is 7.54. The van der Waals surface area contributed by atoms with Crippen LogP contribution in [0.5, 0.6) is 0 Å². The van der Waals surface area contributed by atoms with Crippen LogP contribution in [0.2, 0.25) is 10.0 Å². The fraction of sp³-hybridized carbons (Fsp3) is 0.273. The number of ether oxygens (including phenoxy) is 1. The predicted octanol–water partition coefficient (Wildman–Crippen LogP) is 2.94. The van der Waals surface area contributed by atoms with Gasteiger partial charge in [-0.05, 0) is 23.8 Å². The minimum atomic E-state index is -0.565. The van der Waals surface area contributed by atoms with E-state index in [-0.39, 0.29) is 18.6 Å². The van der Waals surface area contributed by atoms with Crippen molar-refractivity contribution in [3.8, 4) is 0 Å². The molecule has 0 spiro atoms. The molecule has 1 aromatic rings. The highest BCUT2D eigenvalue weighted by Gasteiger charge is 2.28. The molecule has 3 nitrogen and oxygen atoms in total. The molecular formula is C11H8Cl2O3. The van der Waals surface area contributed by atoms with Crippen molar-refractivity contribution in [2.75, 3.05) is 0 Å². The van der Waals surface area contributed by atoms with Gasteiger partial charge >= 0.3 is 5.97 Å². The predicted molar refractivity (Wildman–Crippen MR) is 59.5 cm³/mol. The van der Waals surface area contributed by atoms with Crippen molar-refractivity contribution in [3.63, 3.8) is 0 Å². The Balaban J connectivity index is 2.29. The summed E-state index contributed by atoms with van der Waals surface area (Å²) in [6.07, 6.45) is -0.530. The maximum atomic E-state index is 11.3. The molecule has 1 atom stereocenters. The van der Waals surface area contributed by atoms with Crippen LogP contribution < -0.4 is 0 Å². The molecule has 1 aliphatic rings. The second-order valence-corrected chi connectivity index (χ2v) is 4.47. The maximum Gasteiger partial charge on any atom is 0.313 e. The summed E-state index contributed by atoms with van der Waals surface area (Å²) in [7, 11) is 0. The summed E-state index contributed by atoms with van der Waals surface area (Å²) in [6, 6.07) is 4.87. The van der Waals surface area contributed by atoms with Crippen LogP contribution in [0.1, 0.15) is 24.5 Å². The number of ketones is 1. The average Bonchev–Trinajstić information content (AvgIpc) is 2.14. The fourth-order valence-corrected chi connectivity index (χ4v) is 2.17. The minimum absolute atomic E-state index is 0.127. The van der Waals surface area contributed by atoms with Gasteiger partial charge in [-0.2, -0.15) is 0 Å². The van der Waals surface area contributed by atoms with Gasteiger partial charge in [0.2, 0.25) is 0 Å². The Labute approximate surface area is 102 Å². The number of hydrogen-bond acceptors (Lipinski definition) is 3. The van der Waals surface area contributed by atoms with E-state index in [1.807, 2.05) is 0 Å². The lowest BCUT2D eigenvalue weighted by molar-refractivity contribution is -0.158. The molecule has 0 amide bonds. The summed E-state index contributed by atoms with van der Waals surface area (Å²) in [4.78, 5) is 22.4. The van der Waals surface area contributed by atoms with E-state index in [9.17, 15) is 9.59 Å². The van der Waals surface area contributed by atoms with E-state index >= 15 is 0 Å². The largest absolute Gasteiger partial charge is 0.457 e. The molecule has 1 aromatic carbocycles. The molecule has 16 heavy (non-hydrogen) atoms. The zero-order chi connectivity index (χ0) is 11.7. The number of benzene rings is 1. The summed E-state index contributed by atoms with van der Waals surface area (Å²) in [5.74, 6) is -0.630. The molecule has 1 unspecified atom stereocenters. The van der Waals surface area contributed by atoms with Gasteiger partial charge in [0.25, 0.3) is 0 Å². The van der Waals surface area contributed by atoms with Gasteiger partial charge in [-0.3, -0.25) is 9.59 Å². The van der Waals surface area contributed by atoms with E-state index in [0.29, 0.717) is 15.6 Å². The number of hydrogen-bond donors (Lipinski definition) is 0. The Bertz CT molecular complexity index is 420. The van der Waals surface area contributed by atoms with Gasteiger partial charge in [0.1, 0.15) is 18.3 Å². The Hall–Kier alpha value is -1.06.